The average Bonchev–Trinajstić information content (AvgIpc) is 2.71. The van der Waals surface area contributed by atoms with Crippen molar-refractivity contribution in [3.8, 4) is 6.07 Å². The van der Waals surface area contributed by atoms with E-state index in [1.807, 2.05) is 0 Å². The van der Waals surface area contributed by atoms with Gasteiger partial charge in [-0.15, -0.1) is 0 Å². The Bertz CT molecular complexity index is 214. The van der Waals surface area contributed by atoms with Crippen LogP contribution < -0.4 is 0 Å². The van der Waals surface area contributed by atoms with Gasteiger partial charge in [-0.1, -0.05) is 0 Å². The molecule has 0 aromatic carbocycles. The Morgan fingerprint density at radius 2 is 2.25 bits per heavy atom. The fraction of sp³-hybridized carbons (Fsp3) is 0.900. The van der Waals surface area contributed by atoms with Crippen LogP contribution in [0.2, 0.25) is 0 Å². The molecule has 2 unspecified atom stereocenters. The van der Waals surface area contributed by atoms with E-state index >= 15 is 0 Å². The zero-order valence-corrected chi connectivity index (χ0v) is 7.55. The van der Waals surface area contributed by atoms with Gasteiger partial charge in [-0.2, -0.15) is 5.26 Å². The van der Waals surface area contributed by atoms with Crippen molar-refractivity contribution in [3.63, 3.8) is 0 Å². The lowest BCUT2D eigenvalue weighted by molar-refractivity contribution is 0.0430. The number of hydrogen-bond acceptors (Lipinski definition) is 2. The van der Waals surface area contributed by atoms with Crippen molar-refractivity contribution < 1.29 is 4.74 Å². The molecule has 66 valence electrons. The predicted molar refractivity (Wildman–Crippen MR) is 45.5 cm³/mol. The van der Waals surface area contributed by atoms with Gasteiger partial charge in [0.2, 0.25) is 0 Å². The van der Waals surface area contributed by atoms with E-state index in [0.29, 0.717) is 12.2 Å². The molecule has 0 aromatic heterocycles. The van der Waals surface area contributed by atoms with Crippen LogP contribution in [0, 0.1) is 16.7 Å². The van der Waals surface area contributed by atoms with Crippen LogP contribution in [0.5, 0.6) is 0 Å². The third-order valence-electron chi connectivity index (χ3n) is 3.03. The molecular weight excluding hydrogens is 150 g/mol. The van der Waals surface area contributed by atoms with Crippen molar-refractivity contribution in [2.24, 2.45) is 5.41 Å². The molecule has 2 rings (SSSR count). The minimum absolute atomic E-state index is 0.0225. The quantitative estimate of drug-likeness (QED) is 0.628. The summed E-state index contributed by atoms with van der Waals surface area (Å²) in [6.07, 6.45) is 6.30. The Balaban J connectivity index is 1.85. The minimum Gasteiger partial charge on any atom is -0.375 e. The van der Waals surface area contributed by atoms with Gasteiger partial charge in [0.15, 0.2) is 0 Å². The van der Waals surface area contributed by atoms with Crippen molar-refractivity contribution in [3.05, 3.63) is 0 Å². The van der Waals surface area contributed by atoms with E-state index in [0.717, 1.165) is 25.7 Å². The van der Waals surface area contributed by atoms with E-state index in [2.05, 4.69) is 13.0 Å². The number of nitrogens with zero attached hydrogens (tertiary/aromatic N) is 1. The second-order valence-electron chi connectivity index (χ2n) is 4.24. The van der Waals surface area contributed by atoms with Crippen LogP contribution in [0.4, 0.5) is 0 Å². The third kappa shape index (κ3) is 1.47. The zero-order valence-electron chi connectivity index (χ0n) is 7.55. The largest absolute Gasteiger partial charge is 0.375 e. The zero-order chi connectivity index (χ0) is 8.60. The first kappa shape index (κ1) is 8.07. The van der Waals surface area contributed by atoms with Gasteiger partial charge in [-0.3, -0.25) is 0 Å². The van der Waals surface area contributed by atoms with Crippen LogP contribution in [-0.4, -0.2) is 12.2 Å². The number of nitriles is 1. The molecule has 2 aliphatic rings. The molecule has 1 saturated carbocycles. The molecule has 2 atom stereocenters. The summed E-state index contributed by atoms with van der Waals surface area (Å²) >= 11 is 0. The lowest BCUT2D eigenvalue weighted by Crippen LogP contribution is -2.13. The molecule has 0 spiro atoms. The number of hydrogen-bond donors (Lipinski definition) is 0. The average molecular weight is 165 g/mol. The van der Waals surface area contributed by atoms with E-state index in [-0.39, 0.29) is 5.41 Å². The molecule has 2 nitrogen and oxygen atoms in total. The Morgan fingerprint density at radius 1 is 1.50 bits per heavy atom. The summed E-state index contributed by atoms with van der Waals surface area (Å²) in [4.78, 5) is 0. The number of rotatable bonds is 2. The highest BCUT2D eigenvalue weighted by Gasteiger charge is 2.45. The Kier molecular flexibility index (Phi) is 1.84. The molecule has 0 amide bonds. The highest BCUT2D eigenvalue weighted by atomic mass is 16.5. The maximum Gasteiger partial charge on any atom is 0.0690 e. The molecular formula is C10H15NO. The maximum atomic E-state index is 8.88. The van der Waals surface area contributed by atoms with Gasteiger partial charge in [-0.05, 0) is 39.0 Å². The van der Waals surface area contributed by atoms with Gasteiger partial charge in [0.25, 0.3) is 0 Å². The molecule has 2 fully saturated rings. The van der Waals surface area contributed by atoms with Crippen molar-refractivity contribution in [1.82, 2.24) is 0 Å². The van der Waals surface area contributed by atoms with Gasteiger partial charge in [-0.25, -0.2) is 0 Å². The molecule has 2 heteroatoms. The van der Waals surface area contributed by atoms with E-state index < -0.39 is 0 Å². The highest BCUT2D eigenvalue weighted by molar-refractivity contribution is 5.10. The molecule has 0 aromatic rings. The first-order valence-electron chi connectivity index (χ1n) is 4.81. The van der Waals surface area contributed by atoms with Gasteiger partial charge < -0.3 is 4.74 Å². The highest BCUT2D eigenvalue weighted by Crippen LogP contribution is 2.50. The van der Waals surface area contributed by atoms with Crippen LogP contribution in [-0.2, 0) is 4.74 Å². The molecule has 1 saturated heterocycles. The first-order chi connectivity index (χ1) is 5.74. The molecule has 12 heavy (non-hydrogen) atoms. The topological polar surface area (TPSA) is 33.0 Å². The molecule has 1 aliphatic carbocycles. The van der Waals surface area contributed by atoms with Crippen LogP contribution >= 0.6 is 0 Å². The van der Waals surface area contributed by atoms with Crippen LogP contribution in [0.1, 0.15) is 39.0 Å². The van der Waals surface area contributed by atoms with E-state index in [9.17, 15) is 0 Å². The first-order valence-corrected chi connectivity index (χ1v) is 4.81. The summed E-state index contributed by atoms with van der Waals surface area (Å²) in [5, 5.41) is 8.88. The summed E-state index contributed by atoms with van der Waals surface area (Å²) in [7, 11) is 0. The monoisotopic (exact) mass is 165 g/mol. The lowest BCUT2D eigenvalue weighted by atomic mass is 9.99. The van der Waals surface area contributed by atoms with Crippen molar-refractivity contribution in [1.29, 1.82) is 5.26 Å². The SMILES string of the molecule is CC1CCC(CC2(C#N)CC2)O1. The molecule has 0 N–H and O–H groups in total. The summed E-state index contributed by atoms with van der Waals surface area (Å²) in [5.41, 5.74) is 0.0225. The molecule has 1 heterocycles. The normalized spacial score (nSPS) is 37.7. The second-order valence-corrected chi connectivity index (χ2v) is 4.24. The lowest BCUT2D eigenvalue weighted by Gasteiger charge is -2.13. The van der Waals surface area contributed by atoms with Gasteiger partial charge in [0, 0.05) is 0 Å². The maximum absolute atomic E-state index is 8.88. The van der Waals surface area contributed by atoms with E-state index in [1.165, 1.54) is 6.42 Å². The van der Waals surface area contributed by atoms with Crippen molar-refractivity contribution in [2.45, 2.75) is 51.2 Å². The van der Waals surface area contributed by atoms with Gasteiger partial charge in [0.05, 0.1) is 23.7 Å². The molecule has 1 aliphatic heterocycles. The summed E-state index contributed by atoms with van der Waals surface area (Å²) < 4.78 is 5.69. The summed E-state index contributed by atoms with van der Waals surface area (Å²) in [6.45, 7) is 2.12. The van der Waals surface area contributed by atoms with E-state index in [4.69, 9.17) is 10.00 Å². The smallest absolute Gasteiger partial charge is 0.0690 e. The second kappa shape index (κ2) is 2.74. The third-order valence-corrected chi connectivity index (χ3v) is 3.03. The standard InChI is InChI=1S/C10H15NO/c1-8-2-3-9(12-8)6-10(7-11)4-5-10/h8-9H,2-6H2,1H3. The summed E-state index contributed by atoms with van der Waals surface area (Å²) in [5.74, 6) is 0. The van der Waals surface area contributed by atoms with Crippen molar-refractivity contribution >= 4 is 0 Å². The molecule has 0 bridgehead atoms. The fourth-order valence-electron chi connectivity index (χ4n) is 1.98. The Labute approximate surface area is 73.5 Å². The van der Waals surface area contributed by atoms with Gasteiger partial charge >= 0.3 is 0 Å². The van der Waals surface area contributed by atoms with Gasteiger partial charge in [0.1, 0.15) is 0 Å². The summed E-state index contributed by atoms with van der Waals surface area (Å²) in [6, 6.07) is 2.41. The van der Waals surface area contributed by atoms with Crippen molar-refractivity contribution in [2.75, 3.05) is 0 Å². The van der Waals surface area contributed by atoms with E-state index in [1.54, 1.807) is 0 Å². The number of ether oxygens (including phenoxy) is 1. The predicted octanol–water partition coefficient (Wildman–Crippen LogP) is 2.25. The minimum atomic E-state index is 0.0225. The Morgan fingerprint density at radius 3 is 2.67 bits per heavy atom. The fourth-order valence-corrected chi connectivity index (χ4v) is 1.98. The van der Waals surface area contributed by atoms with Crippen LogP contribution in [0.15, 0.2) is 0 Å². The van der Waals surface area contributed by atoms with Crippen LogP contribution in [0.25, 0.3) is 0 Å². The van der Waals surface area contributed by atoms with Crippen LogP contribution in [0.3, 0.4) is 0 Å². The Hall–Kier alpha value is -0.550. The molecule has 0 radical (unpaired) electrons.